The summed E-state index contributed by atoms with van der Waals surface area (Å²) < 4.78 is 11.3. The highest BCUT2D eigenvalue weighted by Gasteiger charge is 2.54. The fourth-order valence-electron chi connectivity index (χ4n) is 4.58. The summed E-state index contributed by atoms with van der Waals surface area (Å²) >= 11 is 0. The van der Waals surface area contributed by atoms with Crippen LogP contribution in [0.3, 0.4) is 0 Å². The molecule has 31 heavy (non-hydrogen) atoms. The molecule has 0 bridgehead atoms. The summed E-state index contributed by atoms with van der Waals surface area (Å²) in [5, 5.41) is 69.4. The van der Waals surface area contributed by atoms with Crippen molar-refractivity contribution in [2.75, 3.05) is 19.8 Å². The Morgan fingerprint density at radius 3 is 2.32 bits per heavy atom. The van der Waals surface area contributed by atoms with E-state index in [-0.39, 0.29) is 5.56 Å². The van der Waals surface area contributed by atoms with E-state index in [1.165, 1.54) is 6.92 Å². The van der Waals surface area contributed by atoms with Gasteiger partial charge in [0.2, 0.25) is 0 Å². The Morgan fingerprint density at radius 1 is 1.13 bits per heavy atom. The monoisotopic (exact) mass is 442 g/mol. The molecule has 8 atom stereocenters. The van der Waals surface area contributed by atoms with E-state index in [0.717, 1.165) is 0 Å². The molecule has 0 spiro atoms. The van der Waals surface area contributed by atoms with Gasteiger partial charge in [-0.1, -0.05) is 6.07 Å². The summed E-state index contributed by atoms with van der Waals surface area (Å²) in [6, 6.07) is 1.62. The molecule has 0 radical (unpaired) electrons. The van der Waals surface area contributed by atoms with Gasteiger partial charge < -0.3 is 45.2 Å². The molecule has 1 fully saturated rings. The van der Waals surface area contributed by atoms with Gasteiger partial charge in [-0.3, -0.25) is 4.79 Å². The molecule has 1 aromatic carbocycles. The standard InChI is InChI=1S/C21H30O10/c1-8-4-10-14(9(2)13(8)11(25)5-22)18(29)21(3,7-24)19(10)31-20-17(28)16(27)15(26)12(6-23)30-20/h4,11-12,15-17,19-20,22-28H,5-7H2,1-3H3/t11-,12+,15+,16-,17+,19+,20-,21-/m0/s1. The van der Waals surface area contributed by atoms with Crippen molar-refractivity contribution in [3.8, 4) is 0 Å². The number of aliphatic hydroxyl groups excluding tert-OH is 7. The second-order valence-corrected chi connectivity index (χ2v) is 8.51. The van der Waals surface area contributed by atoms with E-state index >= 15 is 0 Å². The molecule has 1 aromatic rings. The molecule has 7 N–H and O–H groups in total. The van der Waals surface area contributed by atoms with Crippen molar-refractivity contribution in [3.05, 3.63) is 33.9 Å². The zero-order chi connectivity index (χ0) is 23.2. The molecule has 2 aliphatic rings. The van der Waals surface area contributed by atoms with Crippen LogP contribution in [0.5, 0.6) is 0 Å². The normalized spacial score (nSPS) is 36.5. The van der Waals surface area contributed by atoms with Crippen LogP contribution in [0.25, 0.3) is 0 Å². The van der Waals surface area contributed by atoms with Crippen LogP contribution in [0.2, 0.25) is 0 Å². The van der Waals surface area contributed by atoms with E-state index in [9.17, 15) is 40.5 Å². The SMILES string of the molecule is Cc1cc2c(c(C)c1[C@@H](O)CO)C(=O)[C@](C)(CO)[C@@H]2O[C@@H]1O[C@H](CO)[C@@H](O)[C@H](O)[C@H]1O. The predicted octanol–water partition coefficient (Wildman–Crippen LogP) is -1.62. The van der Waals surface area contributed by atoms with Gasteiger partial charge in [0.05, 0.1) is 25.2 Å². The molecular formula is C21H30O10. The summed E-state index contributed by atoms with van der Waals surface area (Å²) in [6.45, 7) is 3.05. The lowest BCUT2D eigenvalue weighted by Gasteiger charge is -2.42. The second-order valence-electron chi connectivity index (χ2n) is 8.51. The second kappa shape index (κ2) is 8.81. The number of hydrogen-bond donors (Lipinski definition) is 7. The van der Waals surface area contributed by atoms with E-state index in [1.54, 1.807) is 19.9 Å². The third-order valence-corrected chi connectivity index (χ3v) is 6.42. The Hall–Kier alpha value is -1.47. The Bertz CT molecular complexity index is 840. The van der Waals surface area contributed by atoms with Gasteiger partial charge in [0.25, 0.3) is 0 Å². The molecule has 1 aliphatic heterocycles. The van der Waals surface area contributed by atoms with Gasteiger partial charge in [-0.05, 0) is 43.0 Å². The Labute approximate surface area is 179 Å². The maximum atomic E-state index is 13.3. The number of carbonyl (C=O) groups excluding carboxylic acids is 1. The number of ether oxygens (including phenoxy) is 2. The topological polar surface area (TPSA) is 177 Å². The number of hydrogen-bond acceptors (Lipinski definition) is 10. The summed E-state index contributed by atoms with van der Waals surface area (Å²) in [7, 11) is 0. The summed E-state index contributed by atoms with van der Waals surface area (Å²) in [5.74, 6) is -0.441. The largest absolute Gasteiger partial charge is 0.395 e. The van der Waals surface area contributed by atoms with Crippen LogP contribution in [0.1, 0.15) is 51.7 Å². The van der Waals surface area contributed by atoms with Gasteiger partial charge in [-0.15, -0.1) is 0 Å². The van der Waals surface area contributed by atoms with Gasteiger partial charge in [0.15, 0.2) is 12.1 Å². The van der Waals surface area contributed by atoms with Crippen molar-refractivity contribution in [2.24, 2.45) is 5.41 Å². The molecule has 1 saturated heterocycles. The van der Waals surface area contributed by atoms with Gasteiger partial charge in [0, 0.05) is 5.56 Å². The first-order valence-electron chi connectivity index (χ1n) is 10.1. The molecule has 0 saturated carbocycles. The minimum Gasteiger partial charge on any atom is -0.395 e. The number of aliphatic hydroxyl groups is 7. The minimum absolute atomic E-state index is 0.235. The van der Waals surface area contributed by atoms with Crippen molar-refractivity contribution < 1.29 is 50.0 Å². The highest BCUT2D eigenvalue weighted by atomic mass is 16.7. The Balaban J connectivity index is 2.06. The average Bonchev–Trinajstić information content (AvgIpc) is 2.95. The zero-order valence-corrected chi connectivity index (χ0v) is 17.6. The molecule has 174 valence electrons. The molecular weight excluding hydrogens is 412 g/mol. The average molecular weight is 442 g/mol. The van der Waals surface area contributed by atoms with Crippen LogP contribution in [-0.4, -0.2) is 92.1 Å². The van der Waals surface area contributed by atoms with Crippen LogP contribution < -0.4 is 0 Å². The summed E-state index contributed by atoms with van der Waals surface area (Å²) in [4.78, 5) is 13.3. The molecule has 0 amide bonds. The van der Waals surface area contributed by atoms with Crippen LogP contribution in [0.15, 0.2) is 6.07 Å². The number of rotatable bonds is 6. The molecule has 0 unspecified atom stereocenters. The Kier molecular flexibility index (Phi) is 6.87. The fraction of sp³-hybridized carbons (Fsp3) is 0.667. The number of carbonyl (C=O) groups is 1. The number of aryl methyl sites for hydroxylation is 1. The third-order valence-electron chi connectivity index (χ3n) is 6.42. The molecule has 10 heteroatoms. The van der Waals surface area contributed by atoms with Crippen molar-refractivity contribution >= 4 is 5.78 Å². The summed E-state index contributed by atoms with van der Waals surface area (Å²) in [6.07, 6.45) is -9.84. The van der Waals surface area contributed by atoms with Crippen molar-refractivity contribution in [2.45, 2.75) is 63.7 Å². The predicted molar refractivity (Wildman–Crippen MR) is 105 cm³/mol. The molecule has 3 rings (SSSR count). The van der Waals surface area contributed by atoms with Crippen LogP contribution >= 0.6 is 0 Å². The van der Waals surface area contributed by atoms with Crippen LogP contribution in [0, 0.1) is 19.3 Å². The quantitative estimate of drug-likeness (QED) is 0.271. The summed E-state index contributed by atoms with van der Waals surface area (Å²) in [5.41, 5.74) is 0.627. The lowest BCUT2D eigenvalue weighted by molar-refractivity contribution is -0.318. The number of ketones is 1. The molecule has 0 aromatic heterocycles. The maximum absolute atomic E-state index is 13.3. The highest BCUT2D eigenvalue weighted by molar-refractivity contribution is 6.07. The minimum atomic E-state index is -1.67. The van der Waals surface area contributed by atoms with E-state index in [0.29, 0.717) is 22.3 Å². The van der Waals surface area contributed by atoms with Gasteiger partial charge in [-0.25, -0.2) is 0 Å². The van der Waals surface area contributed by atoms with Crippen LogP contribution in [-0.2, 0) is 9.47 Å². The molecule has 1 aliphatic carbocycles. The highest BCUT2D eigenvalue weighted by Crippen LogP contribution is 2.51. The van der Waals surface area contributed by atoms with E-state index in [4.69, 9.17) is 9.47 Å². The first kappa shape index (κ1) is 24.2. The van der Waals surface area contributed by atoms with Crippen molar-refractivity contribution in [1.29, 1.82) is 0 Å². The van der Waals surface area contributed by atoms with E-state index in [2.05, 4.69) is 0 Å². The maximum Gasteiger partial charge on any atom is 0.187 e. The number of Topliss-reactive ketones (excluding diaryl/α,β-unsaturated/α-hetero) is 1. The lowest BCUT2D eigenvalue weighted by Crippen LogP contribution is -2.59. The Morgan fingerprint density at radius 2 is 1.77 bits per heavy atom. The number of fused-ring (bicyclic) bond motifs is 1. The van der Waals surface area contributed by atoms with Crippen molar-refractivity contribution in [3.63, 3.8) is 0 Å². The first-order chi connectivity index (χ1) is 14.5. The van der Waals surface area contributed by atoms with Gasteiger partial charge >= 0.3 is 0 Å². The lowest BCUT2D eigenvalue weighted by atomic mass is 9.84. The van der Waals surface area contributed by atoms with Gasteiger partial charge in [-0.2, -0.15) is 0 Å². The third kappa shape index (κ3) is 3.71. The smallest absolute Gasteiger partial charge is 0.187 e. The van der Waals surface area contributed by atoms with Crippen molar-refractivity contribution in [1.82, 2.24) is 0 Å². The van der Waals surface area contributed by atoms with E-state index in [1.807, 2.05) is 0 Å². The molecule has 1 heterocycles. The zero-order valence-electron chi connectivity index (χ0n) is 17.6. The number of benzene rings is 1. The van der Waals surface area contributed by atoms with Crippen LogP contribution in [0.4, 0.5) is 0 Å². The van der Waals surface area contributed by atoms with E-state index < -0.39 is 73.9 Å². The first-order valence-corrected chi connectivity index (χ1v) is 10.1. The van der Waals surface area contributed by atoms with Gasteiger partial charge in [0.1, 0.15) is 36.6 Å². The molecule has 10 nitrogen and oxygen atoms in total. The fourth-order valence-corrected chi connectivity index (χ4v) is 4.58.